The number of nitrogens with one attached hydrogen (secondary N) is 1. The minimum atomic E-state index is -3.88. The van der Waals surface area contributed by atoms with Crippen molar-refractivity contribution in [3.05, 3.63) is 97.2 Å². The molecule has 0 radical (unpaired) electrons. The van der Waals surface area contributed by atoms with Crippen LogP contribution < -0.4 is 9.62 Å². The molecule has 2 aromatic heterocycles. The molecule has 7 nitrogen and oxygen atoms in total. The maximum atomic E-state index is 13.1. The first-order valence-electron chi connectivity index (χ1n) is 8.89. The standard InChI is InChI=1S/C21H16FN5O2S/c22-16-8-10-19(11-9-16)30(28,29)26-17-5-3-6-18(15-17)27(20-7-1-2-12-23-20)21-24-13-4-14-25-21/h1-15,26H. The molecule has 0 atom stereocenters. The van der Waals surface area contributed by atoms with Gasteiger partial charge in [-0.3, -0.25) is 9.62 Å². The van der Waals surface area contributed by atoms with Gasteiger partial charge in [0, 0.05) is 18.6 Å². The second-order valence-electron chi connectivity index (χ2n) is 6.18. The topological polar surface area (TPSA) is 88.1 Å². The van der Waals surface area contributed by atoms with E-state index in [1.807, 2.05) is 6.07 Å². The predicted octanol–water partition coefficient (Wildman–Crippen LogP) is 4.28. The van der Waals surface area contributed by atoms with Crippen molar-refractivity contribution in [1.82, 2.24) is 15.0 Å². The summed E-state index contributed by atoms with van der Waals surface area (Å²) in [4.78, 5) is 14.6. The van der Waals surface area contributed by atoms with Crippen molar-refractivity contribution in [2.24, 2.45) is 0 Å². The quantitative estimate of drug-likeness (QED) is 0.500. The summed E-state index contributed by atoms with van der Waals surface area (Å²) in [5.74, 6) is 0.446. The van der Waals surface area contributed by atoms with E-state index >= 15 is 0 Å². The number of aromatic nitrogens is 3. The van der Waals surface area contributed by atoms with Crippen molar-refractivity contribution < 1.29 is 12.8 Å². The van der Waals surface area contributed by atoms with Crippen LogP contribution in [0.2, 0.25) is 0 Å². The normalized spacial score (nSPS) is 11.1. The number of hydrogen-bond donors (Lipinski definition) is 1. The first kappa shape index (κ1) is 19.5. The van der Waals surface area contributed by atoms with Gasteiger partial charge in [-0.15, -0.1) is 0 Å². The van der Waals surface area contributed by atoms with Gasteiger partial charge in [0.15, 0.2) is 0 Å². The van der Waals surface area contributed by atoms with Crippen molar-refractivity contribution in [1.29, 1.82) is 0 Å². The van der Waals surface area contributed by atoms with Gasteiger partial charge in [0.1, 0.15) is 11.6 Å². The number of benzene rings is 2. The summed E-state index contributed by atoms with van der Waals surface area (Å²) >= 11 is 0. The highest BCUT2D eigenvalue weighted by Gasteiger charge is 2.18. The van der Waals surface area contributed by atoms with Crippen LogP contribution in [0.4, 0.5) is 27.5 Å². The first-order chi connectivity index (χ1) is 14.5. The highest BCUT2D eigenvalue weighted by Crippen LogP contribution is 2.32. The molecule has 0 unspecified atom stereocenters. The van der Waals surface area contributed by atoms with Crippen molar-refractivity contribution in [3.63, 3.8) is 0 Å². The summed E-state index contributed by atoms with van der Waals surface area (Å²) in [6, 6.07) is 18.5. The van der Waals surface area contributed by atoms with E-state index in [0.717, 1.165) is 12.1 Å². The Bertz CT molecular complexity index is 1200. The Kier molecular flexibility index (Phi) is 5.36. The van der Waals surface area contributed by atoms with Crippen molar-refractivity contribution in [2.75, 3.05) is 9.62 Å². The van der Waals surface area contributed by atoms with E-state index in [4.69, 9.17) is 0 Å². The first-order valence-corrected chi connectivity index (χ1v) is 10.4. The molecule has 0 aliphatic rings. The van der Waals surface area contributed by atoms with Crippen LogP contribution in [-0.4, -0.2) is 23.4 Å². The third-order valence-electron chi connectivity index (χ3n) is 4.11. The van der Waals surface area contributed by atoms with Crippen molar-refractivity contribution >= 4 is 33.2 Å². The molecule has 0 amide bonds. The van der Waals surface area contributed by atoms with Crippen LogP contribution in [0.25, 0.3) is 0 Å². The molecule has 4 rings (SSSR count). The fourth-order valence-electron chi connectivity index (χ4n) is 2.78. The van der Waals surface area contributed by atoms with E-state index in [0.29, 0.717) is 23.1 Å². The van der Waals surface area contributed by atoms with Crippen LogP contribution >= 0.6 is 0 Å². The fourth-order valence-corrected chi connectivity index (χ4v) is 3.83. The molecule has 2 heterocycles. The van der Waals surface area contributed by atoms with Crippen LogP contribution in [0, 0.1) is 5.82 Å². The van der Waals surface area contributed by atoms with E-state index in [2.05, 4.69) is 19.7 Å². The van der Waals surface area contributed by atoms with E-state index < -0.39 is 15.8 Å². The second kappa shape index (κ2) is 8.26. The number of sulfonamides is 1. The zero-order valence-corrected chi connectivity index (χ0v) is 16.4. The van der Waals surface area contributed by atoms with Gasteiger partial charge in [-0.2, -0.15) is 0 Å². The molecule has 30 heavy (non-hydrogen) atoms. The Balaban J connectivity index is 1.71. The maximum Gasteiger partial charge on any atom is 0.261 e. The lowest BCUT2D eigenvalue weighted by Crippen LogP contribution is -2.16. The molecule has 0 spiro atoms. The smallest absolute Gasteiger partial charge is 0.261 e. The molecule has 2 aromatic carbocycles. The average Bonchev–Trinajstić information content (AvgIpc) is 2.76. The van der Waals surface area contributed by atoms with E-state index in [-0.39, 0.29) is 4.90 Å². The molecule has 4 aromatic rings. The van der Waals surface area contributed by atoms with Crippen LogP contribution in [-0.2, 0) is 10.0 Å². The molecule has 9 heteroatoms. The van der Waals surface area contributed by atoms with Crippen molar-refractivity contribution in [2.45, 2.75) is 4.90 Å². The van der Waals surface area contributed by atoms with Gasteiger partial charge >= 0.3 is 0 Å². The molecule has 0 bridgehead atoms. The SMILES string of the molecule is O=S(=O)(Nc1cccc(N(c2ccccn2)c2ncccn2)c1)c1ccc(F)cc1. The molecule has 0 aliphatic carbocycles. The maximum absolute atomic E-state index is 13.1. The Morgan fingerprint density at radius 1 is 0.800 bits per heavy atom. The number of pyridine rings is 1. The van der Waals surface area contributed by atoms with Crippen molar-refractivity contribution in [3.8, 4) is 0 Å². The molecule has 0 saturated carbocycles. The predicted molar refractivity (Wildman–Crippen MR) is 112 cm³/mol. The summed E-state index contributed by atoms with van der Waals surface area (Å²) in [7, 11) is -3.88. The van der Waals surface area contributed by atoms with E-state index in [1.165, 1.54) is 12.1 Å². The molecule has 150 valence electrons. The highest BCUT2D eigenvalue weighted by atomic mass is 32.2. The molecule has 0 saturated heterocycles. The Morgan fingerprint density at radius 3 is 2.23 bits per heavy atom. The molecule has 1 N–H and O–H groups in total. The summed E-state index contributed by atoms with van der Waals surface area (Å²) in [5, 5.41) is 0. The zero-order chi connectivity index (χ0) is 21.0. The Hall–Kier alpha value is -3.85. The highest BCUT2D eigenvalue weighted by molar-refractivity contribution is 7.92. The third-order valence-corrected chi connectivity index (χ3v) is 5.51. The lowest BCUT2D eigenvalue weighted by molar-refractivity contribution is 0.599. The number of rotatable bonds is 6. The Morgan fingerprint density at radius 2 is 1.53 bits per heavy atom. The summed E-state index contributed by atoms with van der Waals surface area (Å²) < 4.78 is 40.9. The summed E-state index contributed by atoms with van der Waals surface area (Å²) in [5.41, 5.74) is 0.938. The second-order valence-corrected chi connectivity index (χ2v) is 7.86. The number of halogens is 1. The molecule has 0 aliphatic heterocycles. The van der Waals surface area contributed by atoms with E-state index in [1.54, 1.807) is 66.0 Å². The molecular formula is C21H16FN5O2S. The fraction of sp³-hybridized carbons (Fsp3) is 0. The van der Waals surface area contributed by atoms with Gasteiger partial charge in [-0.05, 0) is 60.7 Å². The number of hydrogen-bond acceptors (Lipinski definition) is 6. The molecular weight excluding hydrogens is 405 g/mol. The van der Waals surface area contributed by atoms with Gasteiger partial charge < -0.3 is 0 Å². The third kappa shape index (κ3) is 4.26. The number of nitrogens with zero attached hydrogens (tertiary/aromatic N) is 4. The van der Waals surface area contributed by atoms with Gasteiger partial charge in [-0.25, -0.2) is 27.8 Å². The van der Waals surface area contributed by atoms with Crippen LogP contribution in [0.5, 0.6) is 0 Å². The van der Waals surface area contributed by atoms with Gasteiger partial charge in [0.2, 0.25) is 5.95 Å². The van der Waals surface area contributed by atoms with Gasteiger partial charge in [0.25, 0.3) is 10.0 Å². The number of anilines is 4. The average molecular weight is 421 g/mol. The lowest BCUT2D eigenvalue weighted by Gasteiger charge is -2.22. The van der Waals surface area contributed by atoms with Gasteiger partial charge in [0.05, 0.1) is 16.3 Å². The zero-order valence-electron chi connectivity index (χ0n) is 15.6. The largest absolute Gasteiger partial charge is 0.280 e. The van der Waals surface area contributed by atoms with Crippen LogP contribution in [0.3, 0.4) is 0 Å². The minimum Gasteiger partial charge on any atom is -0.280 e. The van der Waals surface area contributed by atoms with Crippen LogP contribution in [0.15, 0.2) is 96.3 Å². The van der Waals surface area contributed by atoms with E-state index in [9.17, 15) is 12.8 Å². The van der Waals surface area contributed by atoms with Crippen LogP contribution in [0.1, 0.15) is 0 Å². The lowest BCUT2D eigenvalue weighted by atomic mass is 10.2. The minimum absolute atomic E-state index is 0.0396. The summed E-state index contributed by atoms with van der Waals surface area (Å²) in [6.45, 7) is 0. The monoisotopic (exact) mass is 421 g/mol. The Labute approximate surface area is 172 Å². The summed E-state index contributed by atoms with van der Waals surface area (Å²) in [6.07, 6.45) is 4.87. The molecule has 0 fully saturated rings. The van der Waals surface area contributed by atoms with Gasteiger partial charge in [-0.1, -0.05) is 12.1 Å².